The third kappa shape index (κ3) is 4.52. The summed E-state index contributed by atoms with van der Waals surface area (Å²) in [7, 11) is 0. The number of rotatable bonds is 4. The van der Waals surface area contributed by atoms with E-state index in [0.29, 0.717) is 34.5 Å². The van der Waals surface area contributed by atoms with Crippen molar-refractivity contribution in [2.45, 2.75) is 19.6 Å². The number of nitrogens with zero attached hydrogens (tertiary/aromatic N) is 2. The Balaban J connectivity index is 1.85. The lowest BCUT2D eigenvalue weighted by molar-refractivity contribution is -0.137. The maximum absolute atomic E-state index is 12.9. The Labute approximate surface area is 153 Å². The van der Waals surface area contributed by atoms with E-state index in [4.69, 9.17) is 11.6 Å². The molecular weight excluding hydrogens is 363 g/mol. The van der Waals surface area contributed by atoms with Gasteiger partial charge in [0, 0.05) is 23.2 Å². The molecule has 0 bridgehead atoms. The first-order valence-corrected chi connectivity index (χ1v) is 8.21. The molecule has 0 saturated carbocycles. The summed E-state index contributed by atoms with van der Waals surface area (Å²) in [5, 5.41) is 3.81. The lowest BCUT2D eigenvalue weighted by Gasteiger charge is -2.11. The van der Waals surface area contributed by atoms with Crippen molar-refractivity contribution in [1.82, 2.24) is 9.97 Å². The maximum atomic E-state index is 12.9. The van der Waals surface area contributed by atoms with Gasteiger partial charge in [0.2, 0.25) is 0 Å². The molecule has 7 heteroatoms. The number of nitrogens with one attached hydrogen (secondary N) is 1. The van der Waals surface area contributed by atoms with Gasteiger partial charge in [-0.2, -0.15) is 13.2 Å². The minimum absolute atomic E-state index is 0.389. The van der Waals surface area contributed by atoms with Gasteiger partial charge in [-0.1, -0.05) is 35.9 Å². The molecule has 3 nitrogen and oxygen atoms in total. The molecule has 0 aliphatic rings. The monoisotopic (exact) mass is 377 g/mol. The average Bonchev–Trinajstić information content (AvgIpc) is 2.60. The molecule has 0 spiro atoms. The number of hydrogen-bond donors (Lipinski definition) is 1. The number of benzene rings is 2. The van der Waals surface area contributed by atoms with Crippen LogP contribution in [0.1, 0.15) is 17.0 Å². The summed E-state index contributed by atoms with van der Waals surface area (Å²) in [4.78, 5) is 8.55. The first-order valence-electron chi connectivity index (χ1n) is 7.83. The zero-order valence-electron chi connectivity index (χ0n) is 13.8. The topological polar surface area (TPSA) is 37.8 Å². The second-order valence-electron chi connectivity index (χ2n) is 5.74. The minimum Gasteiger partial charge on any atom is -0.366 e. The van der Waals surface area contributed by atoms with Crippen LogP contribution in [0.2, 0.25) is 5.02 Å². The Morgan fingerprint density at radius 1 is 1.00 bits per heavy atom. The molecular formula is C19H15ClF3N3. The van der Waals surface area contributed by atoms with Crippen LogP contribution in [0.4, 0.5) is 19.0 Å². The Hall–Kier alpha value is -2.60. The van der Waals surface area contributed by atoms with Crippen molar-refractivity contribution in [2.75, 3.05) is 5.32 Å². The van der Waals surface area contributed by atoms with Crippen LogP contribution in [0.5, 0.6) is 0 Å². The number of anilines is 1. The number of aryl methyl sites for hydroxylation is 1. The maximum Gasteiger partial charge on any atom is 0.416 e. The van der Waals surface area contributed by atoms with Gasteiger partial charge in [0.15, 0.2) is 0 Å². The highest BCUT2D eigenvalue weighted by Gasteiger charge is 2.30. The van der Waals surface area contributed by atoms with E-state index in [9.17, 15) is 13.2 Å². The van der Waals surface area contributed by atoms with Crippen LogP contribution >= 0.6 is 11.6 Å². The van der Waals surface area contributed by atoms with Crippen LogP contribution in [-0.2, 0) is 12.7 Å². The van der Waals surface area contributed by atoms with Gasteiger partial charge in [-0.15, -0.1) is 0 Å². The molecule has 1 N–H and O–H groups in total. The average molecular weight is 378 g/mol. The van der Waals surface area contributed by atoms with E-state index < -0.39 is 11.7 Å². The van der Waals surface area contributed by atoms with Gasteiger partial charge >= 0.3 is 6.18 Å². The fraction of sp³-hybridized carbons (Fsp3) is 0.158. The number of aromatic nitrogens is 2. The number of halogens is 4. The van der Waals surface area contributed by atoms with Gasteiger partial charge in [-0.25, -0.2) is 9.97 Å². The molecule has 0 atom stereocenters. The predicted octanol–water partition coefficient (Wildman–Crippen LogP) is 5.74. The highest BCUT2D eigenvalue weighted by atomic mass is 35.5. The number of hydrogen-bond acceptors (Lipinski definition) is 3. The SMILES string of the molecule is Cc1nc(NCc2ccc(Cl)cc2)cc(-c2cccc(C(F)(F)F)c2)n1. The molecule has 134 valence electrons. The fourth-order valence-electron chi connectivity index (χ4n) is 2.46. The van der Waals surface area contributed by atoms with E-state index >= 15 is 0 Å². The molecule has 0 aliphatic carbocycles. The van der Waals surface area contributed by atoms with Crippen LogP contribution < -0.4 is 5.32 Å². The molecule has 2 aromatic carbocycles. The largest absolute Gasteiger partial charge is 0.416 e. The predicted molar refractivity (Wildman–Crippen MR) is 96.0 cm³/mol. The van der Waals surface area contributed by atoms with Crippen LogP contribution in [0.15, 0.2) is 54.6 Å². The van der Waals surface area contributed by atoms with Gasteiger partial charge in [-0.3, -0.25) is 0 Å². The molecule has 0 radical (unpaired) electrons. The Kier molecular flexibility index (Phi) is 5.13. The van der Waals surface area contributed by atoms with Crippen LogP contribution in [0.3, 0.4) is 0 Å². The van der Waals surface area contributed by atoms with Crippen molar-refractivity contribution in [3.63, 3.8) is 0 Å². The van der Waals surface area contributed by atoms with E-state index in [0.717, 1.165) is 17.7 Å². The third-order valence-electron chi connectivity index (χ3n) is 3.71. The van der Waals surface area contributed by atoms with E-state index in [1.165, 1.54) is 6.07 Å². The summed E-state index contributed by atoms with van der Waals surface area (Å²) in [6, 6.07) is 14.1. The summed E-state index contributed by atoms with van der Waals surface area (Å²) in [5.41, 5.74) is 1.12. The van der Waals surface area contributed by atoms with Crippen LogP contribution in [0.25, 0.3) is 11.3 Å². The molecule has 0 saturated heterocycles. The van der Waals surface area contributed by atoms with Crippen molar-refractivity contribution >= 4 is 17.4 Å². The van der Waals surface area contributed by atoms with Gasteiger partial charge in [0.1, 0.15) is 11.6 Å². The lowest BCUT2D eigenvalue weighted by Crippen LogP contribution is -2.06. The molecule has 3 rings (SSSR count). The highest BCUT2D eigenvalue weighted by Crippen LogP contribution is 2.32. The van der Waals surface area contributed by atoms with Gasteiger partial charge in [0.05, 0.1) is 11.3 Å². The normalized spacial score (nSPS) is 11.4. The second kappa shape index (κ2) is 7.33. The lowest BCUT2D eigenvalue weighted by atomic mass is 10.1. The van der Waals surface area contributed by atoms with Gasteiger partial charge in [0.25, 0.3) is 0 Å². The Morgan fingerprint density at radius 2 is 1.73 bits per heavy atom. The van der Waals surface area contributed by atoms with E-state index in [2.05, 4.69) is 15.3 Å². The smallest absolute Gasteiger partial charge is 0.366 e. The molecule has 0 amide bonds. The molecule has 0 aliphatic heterocycles. The summed E-state index contributed by atoms with van der Waals surface area (Å²) >= 11 is 5.86. The summed E-state index contributed by atoms with van der Waals surface area (Å²) < 4.78 is 38.8. The molecule has 3 aromatic rings. The van der Waals surface area contributed by atoms with E-state index in [-0.39, 0.29) is 0 Å². The molecule has 1 aromatic heterocycles. The zero-order chi connectivity index (χ0) is 18.7. The summed E-state index contributed by atoms with van der Waals surface area (Å²) in [6.07, 6.45) is -4.40. The quantitative estimate of drug-likeness (QED) is 0.630. The van der Waals surface area contributed by atoms with Crippen LogP contribution in [0, 0.1) is 6.92 Å². The summed E-state index contributed by atoms with van der Waals surface area (Å²) in [6.45, 7) is 2.21. The molecule has 26 heavy (non-hydrogen) atoms. The van der Waals surface area contributed by atoms with Gasteiger partial charge in [-0.05, 0) is 36.8 Å². The standard InChI is InChI=1S/C19H15ClF3N3/c1-12-25-17(14-3-2-4-15(9-14)19(21,22)23)10-18(26-12)24-11-13-5-7-16(20)8-6-13/h2-10H,11H2,1H3,(H,24,25,26). The van der Waals surface area contributed by atoms with Gasteiger partial charge < -0.3 is 5.32 Å². The second-order valence-corrected chi connectivity index (χ2v) is 6.18. The Bertz CT molecular complexity index is 909. The van der Waals surface area contributed by atoms with Crippen molar-refractivity contribution in [2.24, 2.45) is 0 Å². The van der Waals surface area contributed by atoms with E-state index in [1.807, 2.05) is 12.1 Å². The fourth-order valence-corrected chi connectivity index (χ4v) is 2.58. The van der Waals surface area contributed by atoms with E-state index in [1.54, 1.807) is 31.2 Å². The molecule has 1 heterocycles. The van der Waals surface area contributed by atoms with Crippen molar-refractivity contribution < 1.29 is 13.2 Å². The zero-order valence-corrected chi connectivity index (χ0v) is 14.6. The Morgan fingerprint density at radius 3 is 2.42 bits per heavy atom. The first kappa shape index (κ1) is 18.2. The van der Waals surface area contributed by atoms with Crippen molar-refractivity contribution in [3.05, 3.63) is 76.6 Å². The minimum atomic E-state index is -4.40. The first-order chi connectivity index (χ1) is 12.3. The highest BCUT2D eigenvalue weighted by molar-refractivity contribution is 6.30. The molecule has 0 fully saturated rings. The third-order valence-corrected chi connectivity index (χ3v) is 3.96. The van der Waals surface area contributed by atoms with Crippen LogP contribution in [-0.4, -0.2) is 9.97 Å². The van der Waals surface area contributed by atoms with Crippen molar-refractivity contribution in [1.29, 1.82) is 0 Å². The number of alkyl halides is 3. The van der Waals surface area contributed by atoms with Crippen molar-refractivity contribution in [3.8, 4) is 11.3 Å². The summed E-state index contributed by atoms with van der Waals surface area (Å²) in [5.74, 6) is 1.01. The molecule has 0 unspecified atom stereocenters.